The standard InChI is InChI=1S/C14H21FN2O/c1-9-5-12(16-4)6-13(15)14(9)17-7-10(2)18-11(3)8-17/h5-6,10-11,16H,7-8H2,1-4H3/t10-,11+. The van der Waals surface area contributed by atoms with Gasteiger partial charge in [0, 0.05) is 25.8 Å². The molecule has 1 aromatic rings. The Kier molecular flexibility index (Phi) is 3.76. The summed E-state index contributed by atoms with van der Waals surface area (Å²) in [6.07, 6.45) is 0.271. The molecule has 2 atom stereocenters. The van der Waals surface area contributed by atoms with E-state index in [0.29, 0.717) is 5.69 Å². The molecule has 0 aliphatic carbocycles. The third kappa shape index (κ3) is 2.58. The summed E-state index contributed by atoms with van der Waals surface area (Å²) in [4.78, 5) is 2.09. The lowest BCUT2D eigenvalue weighted by Crippen LogP contribution is -2.46. The van der Waals surface area contributed by atoms with E-state index in [2.05, 4.69) is 10.2 Å². The largest absolute Gasteiger partial charge is 0.388 e. The molecule has 0 aromatic heterocycles. The van der Waals surface area contributed by atoms with Gasteiger partial charge in [-0.05, 0) is 38.5 Å². The number of morpholine rings is 1. The number of benzene rings is 1. The number of aryl methyl sites for hydroxylation is 1. The van der Waals surface area contributed by atoms with Gasteiger partial charge in [0.1, 0.15) is 5.82 Å². The monoisotopic (exact) mass is 252 g/mol. The second-order valence-corrected chi connectivity index (χ2v) is 5.04. The van der Waals surface area contributed by atoms with Gasteiger partial charge in [0.15, 0.2) is 0 Å². The molecule has 1 aliphatic rings. The molecule has 0 spiro atoms. The summed E-state index contributed by atoms with van der Waals surface area (Å²) in [6.45, 7) is 7.47. The molecule has 1 fully saturated rings. The minimum atomic E-state index is -0.166. The van der Waals surface area contributed by atoms with Gasteiger partial charge in [0.25, 0.3) is 0 Å². The van der Waals surface area contributed by atoms with Crippen LogP contribution in [0.1, 0.15) is 19.4 Å². The molecule has 18 heavy (non-hydrogen) atoms. The van der Waals surface area contributed by atoms with Gasteiger partial charge in [-0.25, -0.2) is 4.39 Å². The van der Waals surface area contributed by atoms with Gasteiger partial charge < -0.3 is 15.0 Å². The molecule has 1 N–H and O–H groups in total. The van der Waals surface area contributed by atoms with E-state index in [1.807, 2.05) is 26.8 Å². The number of rotatable bonds is 2. The van der Waals surface area contributed by atoms with Crippen LogP contribution < -0.4 is 10.2 Å². The first-order valence-corrected chi connectivity index (χ1v) is 6.39. The topological polar surface area (TPSA) is 24.5 Å². The first kappa shape index (κ1) is 13.1. The highest BCUT2D eigenvalue weighted by molar-refractivity contribution is 5.62. The molecule has 1 aliphatic heterocycles. The molecule has 4 heteroatoms. The number of anilines is 2. The third-order valence-electron chi connectivity index (χ3n) is 3.28. The summed E-state index contributed by atoms with van der Waals surface area (Å²) in [5.74, 6) is -0.166. The van der Waals surface area contributed by atoms with Crippen molar-refractivity contribution in [1.29, 1.82) is 0 Å². The molecule has 3 nitrogen and oxygen atoms in total. The van der Waals surface area contributed by atoms with Crippen LogP contribution in [-0.2, 0) is 4.74 Å². The van der Waals surface area contributed by atoms with Crippen molar-refractivity contribution in [3.8, 4) is 0 Å². The highest BCUT2D eigenvalue weighted by Gasteiger charge is 2.25. The van der Waals surface area contributed by atoms with Gasteiger partial charge in [0.2, 0.25) is 0 Å². The number of halogens is 1. The maximum absolute atomic E-state index is 14.2. The van der Waals surface area contributed by atoms with E-state index >= 15 is 0 Å². The van der Waals surface area contributed by atoms with E-state index in [1.54, 1.807) is 13.1 Å². The minimum absolute atomic E-state index is 0.136. The van der Waals surface area contributed by atoms with Gasteiger partial charge in [-0.1, -0.05) is 0 Å². The van der Waals surface area contributed by atoms with Crippen LogP contribution >= 0.6 is 0 Å². The third-order valence-corrected chi connectivity index (χ3v) is 3.28. The molecular weight excluding hydrogens is 231 g/mol. The molecular formula is C14H21FN2O. The van der Waals surface area contributed by atoms with E-state index in [9.17, 15) is 4.39 Å². The van der Waals surface area contributed by atoms with Crippen molar-refractivity contribution in [2.75, 3.05) is 30.4 Å². The van der Waals surface area contributed by atoms with Gasteiger partial charge in [-0.15, -0.1) is 0 Å². The first-order chi connectivity index (χ1) is 8.51. The van der Waals surface area contributed by atoms with Crippen molar-refractivity contribution in [3.63, 3.8) is 0 Å². The maximum atomic E-state index is 14.2. The van der Waals surface area contributed by atoms with Crippen molar-refractivity contribution in [2.24, 2.45) is 0 Å². The summed E-state index contributed by atoms with van der Waals surface area (Å²) in [6, 6.07) is 3.52. The lowest BCUT2D eigenvalue weighted by atomic mass is 10.1. The Morgan fingerprint density at radius 1 is 1.28 bits per heavy atom. The van der Waals surface area contributed by atoms with Gasteiger partial charge in [-0.3, -0.25) is 0 Å². The van der Waals surface area contributed by atoms with Crippen LogP contribution in [-0.4, -0.2) is 32.3 Å². The molecule has 0 radical (unpaired) electrons. The normalized spacial score (nSPS) is 24.2. The summed E-state index contributed by atoms with van der Waals surface area (Å²) < 4.78 is 19.9. The van der Waals surface area contributed by atoms with Crippen LogP contribution in [0, 0.1) is 12.7 Å². The van der Waals surface area contributed by atoms with Gasteiger partial charge >= 0.3 is 0 Å². The quantitative estimate of drug-likeness (QED) is 0.876. The second-order valence-electron chi connectivity index (χ2n) is 5.04. The zero-order chi connectivity index (χ0) is 13.3. The van der Waals surface area contributed by atoms with Gasteiger partial charge in [0.05, 0.1) is 17.9 Å². The SMILES string of the molecule is CNc1cc(C)c(N2C[C@@H](C)O[C@@H](C)C2)c(F)c1. The first-order valence-electron chi connectivity index (χ1n) is 6.39. The van der Waals surface area contributed by atoms with Crippen molar-refractivity contribution < 1.29 is 9.13 Å². The van der Waals surface area contributed by atoms with Crippen LogP contribution in [0.2, 0.25) is 0 Å². The molecule has 0 bridgehead atoms. The van der Waals surface area contributed by atoms with E-state index in [4.69, 9.17) is 4.74 Å². The van der Waals surface area contributed by atoms with E-state index in [-0.39, 0.29) is 18.0 Å². The van der Waals surface area contributed by atoms with Crippen molar-refractivity contribution in [3.05, 3.63) is 23.5 Å². The summed E-state index contributed by atoms with van der Waals surface area (Å²) in [7, 11) is 1.80. The molecule has 0 amide bonds. The van der Waals surface area contributed by atoms with E-state index in [1.165, 1.54) is 0 Å². The van der Waals surface area contributed by atoms with Crippen LogP contribution in [0.4, 0.5) is 15.8 Å². The highest BCUT2D eigenvalue weighted by Crippen LogP contribution is 2.29. The predicted molar refractivity (Wildman–Crippen MR) is 72.9 cm³/mol. The van der Waals surface area contributed by atoms with Crippen LogP contribution in [0.15, 0.2) is 12.1 Å². The van der Waals surface area contributed by atoms with E-state index in [0.717, 1.165) is 24.3 Å². The minimum Gasteiger partial charge on any atom is -0.388 e. The van der Waals surface area contributed by atoms with E-state index < -0.39 is 0 Å². The average molecular weight is 252 g/mol. The maximum Gasteiger partial charge on any atom is 0.148 e. The van der Waals surface area contributed by atoms with Crippen molar-refractivity contribution in [2.45, 2.75) is 33.0 Å². The Morgan fingerprint density at radius 2 is 1.89 bits per heavy atom. The number of nitrogens with one attached hydrogen (secondary N) is 1. The van der Waals surface area contributed by atoms with Gasteiger partial charge in [-0.2, -0.15) is 0 Å². The summed E-state index contributed by atoms with van der Waals surface area (Å²) >= 11 is 0. The lowest BCUT2D eigenvalue weighted by Gasteiger charge is -2.37. The highest BCUT2D eigenvalue weighted by atomic mass is 19.1. The molecule has 100 valence electrons. The Bertz CT molecular complexity index is 403. The molecule has 0 unspecified atom stereocenters. The Labute approximate surface area is 108 Å². The average Bonchev–Trinajstić information content (AvgIpc) is 2.26. The second kappa shape index (κ2) is 5.14. The molecule has 1 heterocycles. The Balaban J connectivity index is 2.32. The van der Waals surface area contributed by atoms with Crippen molar-refractivity contribution >= 4 is 11.4 Å². The molecule has 2 rings (SSSR count). The molecule has 0 saturated carbocycles. The number of ether oxygens (including phenoxy) is 1. The fourth-order valence-electron chi connectivity index (χ4n) is 2.64. The Hall–Kier alpha value is -1.29. The zero-order valence-corrected chi connectivity index (χ0v) is 11.5. The molecule has 1 aromatic carbocycles. The van der Waals surface area contributed by atoms with Crippen LogP contribution in [0.5, 0.6) is 0 Å². The Morgan fingerprint density at radius 3 is 2.39 bits per heavy atom. The fraction of sp³-hybridized carbons (Fsp3) is 0.571. The predicted octanol–water partition coefficient (Wildman–Crippen LogP) is 2.79. The number of nitrogens with zero attached hydrogens (tertiary/aromatic N) is 1. The van der Waals surface area contributed by atoms with Crippen LogP contribution in [0.3, 0.4) is 0 Å². The smallest absolute Gasteiger partial charge is 0.148 e. The van der Waals surface area contributed by atoms with Crippen LogP contribution in [0.25, 0.3) is 0 Å². The summed E-state index contributed by atoms with van der Waals surface area (Å²) in [5, 5.41) is 2.97. The van der Waals surface area contributed by atoms with Crippen molar-refractivity contribution in [1.82, 2.24) is 0 Å². The summed E-state index contributed by atoms with van der Waals surface area (Å²) in [5.41, 5.74) is 2.47. The fourth-order valence-corrected chi connectivity index (χ4v) is 2.64. The number of hydrogen-bond acceptors (Lipinski definition) is 3. The molecule has 1 saturated heterocycles. The number of hydrogen-bond donors (Lipinski definition) is 1. The lowest BCUT2D eigenvalue weighted by molar-refractivity contribution is -0.00542. The zero-order valence-electron chi connectivity index (χ0n) is 11.5.